The monoisotopic (exact) mass is 794 g/mol. The van der Waals surface area contributed by atoms with Crippen LogP contribution in [0.4, 0.5) is 0 Å². The number of rotatable bonds is 2. The van der Waals surface area contributed by atoms with Gasteiger partial charge in [0.25, 0.3) is 0 Å². The zero-order valence-corrected chi connectivity index (χ0v) is 33.3. The van der Waals surface area contributed by atoms with E-state index in [-0.39, 0.29) is 31.1 Å². The van der Waals surface area contributed by atoms with Crippen LogP contribution in [0.1, 0.15) is 96.9 Å². The fourth-order valence-corrected chi connectivity index (χ4v) is 5.22. The van der Waals surface area contributed by atoms with Crippen molar-refractivity contribution in [2.24, 2.45) is 23.7 Å². The van der Waals surface area contributed by atoms with Gasteiger partial charge < -0.3 is 18.0 Å². The molecule has 0 unspecified atom stereocenters. The molecular formula is C38H54NSU-. The Labute approximate surface area is 283 Å². The molecule has 0 N–H and O–H groups in total. The maximum absolute atomic E-state index is 9.93. The van der Waals surface area contributed by atoms with Crippen molar-refractivity contribution < 1.29 is 31.1 Å². The summed E-state index contributed by atoms with van der Waals surface area (Å²) >= 11 is 4.81. The zero-order chi connectivity index (χ0) is 30.9. The summed E-state index contributed by atoms with van der Waals surface area (Å²) in [7, 11) is 0. The van der Waals surface area contributed by atoms with Crippen LogP contribution in [0.3, 0.4) is 0 Å². The Morgan fingerprint density at radius 3 is 1.07 bits per heavy atom. The predicted molar refractivity (Wildman–Crippen MR) is 182 cm³/mol. The second kappa shape index (κ2) is 18.2. The van der Waals surface area contributed by atoms with Crippen molar-refractivity contribution in [3.8, 4) is 0 Å². The molecular weight excluding hydrogens is 741 g/mol. The molecule has 3 aliphatic rings. The molecule has 0 heterocycles. The van der Waals surface area contributed by atoms with Gasteiger partial charge >= 0.3 is 0 Å². The summed E-state index contributed by atoms with van der Waals surface area (Å²) in [6, 6.07) is 9.62. The fourth-order valence-electron chi connectivity index (χ4n) is 5.06. The molecule has 41 heavy (non-hydrogen) atoms. The minimum atomic E-state index is 0. The van der Waals surface area contributed by atoms with Gasteiger partial charge in [0.2, 0.25) is 0 Å². The molecule has 0 aliphatic heterocycles. The van der Waals surface area contributed by atoms with E-state index in [0.29, 0.717) is 29.4 Å². The molecule has 0 fully saturated rings. The number of hydrogen-bond acceptors (Lipinski definition) is 1. The predicted octanol–water partition coefficient (Wildman–Crippen LogP) is 11.6. The molecule has 4 rings (SSSR count). The van der Waals surface area contributed by atoms with Crippen LogP contribution in [0.15, 0.2) is 103 Å². The van der Waals surface area contributed by atoms with Gasteiger partial charge in [-0.1, -0.05) is 66.5 Å². The van der Waals surface area contributed by atoms with Gasteiger partial charge in [-0.3, -0.25) is 0 Å². The van der Waals surface area contributed by atoms with Crippen LogP contribution in [0.2, 0.25) is 0 Å². The van der Waals surface area contributed by atoms with E-state index in [1.165, 1.54) is 22.3 Å². The van der Waals surface area contributed by atoms with Gasteiger partial charge in [0.1, 0.15) is 0 Å². The van der Waals surface area contributed by atoms with Crippen molar-refractivity contribution in [1.82, 2.24) is 0 Å². The second-order valence-corrected chi connectivity index (χ2v) is 12.6. The van der Waals surface area contributed by atoms with Crippen LogP contribution in [0.25, 0.3) is 5.41 Å². The molecule has 0 saturated carbocycles. The van der Waals surface area contributed by atoms with Crippen molar-refractivity contribution in [2.75, 3.05) is 0 Å². The summed E-state index contributed by atoms with van der Waals surface area (Å²) in [6.07, 6.45) is 6.00. The first-order valence-electron chi connectivity index (χ1n) is 14.8. The van der Waals surface area contributed by atoms with Crippen LogP contribution >= 0.6 is 0 Å². The second-order valence-electron chi connectivity index (χ2n) is 12.1. The Bertz CT molecular complexity index is 1110. The molecule has 0 amide bonds. The molecule has 1 nitrogen and oxygen atoms in total. The normalized spacial score (nSPS) is 17.3. The summed E-state index contributed by atoms with van der Waals surface area (Å²) in [4.78, 5) is 0.905. The molecule has 1 aromatic carbocycles. The third-order valence-electron chi connectivity index (χ3n) is 9.17. The Morgan fingerprint density at radius 1 is 0.610 bits per heavy atom. The standard InChI is InChI=1S/C12H17N.2C10H16.C6H6S.U/c1-8(2)10-6-5-7-11(9(3)4)12(10)13;2*1-6-7(2)9(4)10(5)8(6)3;7-6-4-2-1-3-5-6;/h5-9H,1-4H3;2*6H,1-5H3;1-5,7H;/p-1. The minimum absolute atomic E-state index is 0. The van der Waals surface area contributed by atoms with Gasteiger partial charge in [0.05, 0.1) is 0 Å². The van der Waals surface area contributed by atoms with Gasteiger partial charge in [-0.2, -0.15) is 4.90 Å². The Hall–Kier alpha value is -1.53. The molecule has 0 bridgehead atoms. The molecule has 1 aromatic rings. The average molecular weight is 795 g/mol. The van der Waals surface area contributed by atoms with E-state index in [4.69, 9.17) is 12.6 Å². The molecule has 3 heteroatoms. The summed E-state index contributed by atoms with van der Waals surface area (Å²) in [5.41, 5.74) is 14.8. The van der Waals surface area contributed by atoms with Crippen LogP contribution < -0.4 is 0 Å². The van der Waals surface area contributed by atoms with E-state index in [2.05, 4.69) is 96.9 Å². The van der Waals surface area contributed by atoms with Crippen LogP contribution in [0, 0.1) is 61.2 Å². The van der Waals surface area contributed by atoms with Crippen molar-refractivity contribution in [3.05, 3.63) is 110 Å². The van der Waals surface area contributed by atoms with E-state index < -0.39 is 0 Å². The Balaban J connectivity index is 0.000000526. The largest absolute Gasteiger partial charge is 0.780 e. The smallest absolute Gasteiger partial charge is 0.0498 e. The van der Waals surface area contributed by atoms with E-state index in [9.17, 15) is 5.41 Å². The fraction of sp³-hybridized carbons (Fsp3) is 0.474. The summed E-state index contributed by atoms with van der Waals surface area (Å²) < 4.78 is 0. The first kappa shape index (κ1) is 39.5. The quantitative estimate of drug-likeness (QED) is 0.216. The molecule has 0 saturated heterocycles. The summed E-state index contributed by atoms with van der Waals surface area (Å²) in [6.45, 7) is 30.8. The average Bonchev–Trinajstić information content (AvgIpc) is 3.19. The molecule has 3 aliphatic carbocycles. The molecule has 0 aromatic heterocycles. The van der Waals surface area contributed by atoms with Crippen LogP contribution in [-0.4, -0.2) is 5.71 Å². The van der Waals surface area contributed by atoms with Crippen molar-refractivity contribution in [2.45, 2.75) is 102 Å². The zero-order valence-electron chi connectivity index (χ0n) is 28.3. The van der Waals surface area contributed by atoms with Gasteiger partial charge in [-0.25, -0.2) is 0 Å². The third kappa shape index (κ3) is 10.9. The van der Waals surface area contributed by atoms with Gasteiger partial charge in [0, 0.05) is 72.7 Å². The summed E-state index contributed by atoms with van der Waals surface area (Å²) in [5, 5.41) is 9.93. The van der Waals surface area contributed by atoms with Crippen LogP contribution in [0.5, 0.6) is 0 Å². The molecule has 0 radical (unpaired) electrons. The molecule has 0 atom stereocenters. The van der Waals surface area contributed by atoms with E-state index in [1.807, 2.05) is 48.9 Å². The van der Waals surface area contributed by atoms with Gasteiger partial charge in [-0.15, -0.1) is 0 Å². The molecule has 0 spiro atoms. The van der Waals surface area contributed by atoms with Crippen molar-refractivity contribution in [1.29, 1.82) is 0 Å². The Kier molecular flexibility index (Phi) is 17.5. The third-order valence-corrected chi connectivity index (χ3v) is 9.45. The minimum Gasteiger partial charge on any atom is -0.780 e. The van der Waals surface area contributed by atoms with E-state index >= 15 is 0 Å². The number of hydrogen-bond donors (Lipinski definition) is 0. The maximum atomic E-state index is 9.93. The Morgan fingerprint density at radius 2 is 0.902 bits per heavy atom. The van der Waals surface area contributed by atoms with Crippen LogP contribution in [-0.2, 0) is 12.6 Å². The molecule has 222 valence electrons. The topological polar surface area (TPSA) is 22.3 Å². The van der Waals surface area contributed by atoms with Crippen molar-refractivity contribution >= 4 is 18.3 Å². The number of nitrogens with zero attached hydrogens (tertiary/aromatic N) is 1. The number of allylic oxidation sites excluding steroid dienone is 12. The van der Waals surface area contributed by atoms with E-state index in [1.54, 1.807) is 22.3 Å². The van der Waals surface area contributed by atoms with Gasteiger partial charge in [-0.05, 0) is 123 Å². The van der Waals surface area contributed by atoms with E-state index in [0.717, 1.165) is 16.0 Å². The SMILES string of the molecule is CC(C)C1=C[CH+]C=C(C(C)C)C1=[N-].CC1=C(C)C(C)C(C)=C1C.CC1=C(C)C(C)C(C)=C1C.[S-]c1ccccc1.[U]. The van der Waals surface area contributed by atoms with Crippen molar-refractivity contribution in [3.63, 3.8) is 0 Å². The maximum Gasteiger partial charge on any atom is 0.0498 e. The number of benzene rings is 1. The van der Waals surface area contributed by atoms with Gasteiger partial charge in [0.15, 0.2) is 0 Å². The first-order valence-corrected chi connectivity index (χ1v) is 15.2. The first-order chi connectivity index (χ1) is 18.5. The summed E-state index contributed by atoms with van der Waals surface area (Å²) in [5.74, 6) is 2.16.